The highest BCUT2D eigenvalue weighted by Gasteiger charge is 2.45. The van der Waals surface area contributed by atoms with Crippen LogP contribution in [0.4, 0.5) is 0 Å². The molecule has 3 heteroatoms. The first-order chi connectivity index (χ1) is 9.09. The van der Waals surface area contributed by atoms with Crippen LogP contribution in [-0.2, 0) is 9.59 Å². The van der Waals surface area contributed by atoms with Crippen LogP contribution in [0.25, 0.3) is 0 Å². The zero-order valence-electron chi connectivity index (χ0n) is 11.4. The number of carboxylic acid groups (broad SMARTS) is 1. The lowest BCUT2D eigenvalue weighted by molar-refractivity contribution is -0.137. The van der Waals surface area contributed by atoms with Crippen LogP contribution in [0.5, 0.6) is 0 Å². The van der Waals surface area contributed by atoms with Gasteiger partial charge < -0.3 is 5.11 Å². The number of rotatable bonds is 7. The van der Waals surface area contributed by atoms with E-state index in [1.54, 1.807) is 6.92 Å². The molecule has 0 radical (unpaired) electrons. The zero-order chi connectivity index (χ0) is 13.8. The first-order valence-corrected chi connectivity index (χ1v) is 7.15. The Morgan fingerprint density at radius 1 is 1.26 bits per heavy atom. The van der Waals surface area contributed by atoms with Crippen molar-refractivity contribution in [3.05, 3.63) is 24.3 Å². The minimum atomic E-state index is -0.733. The van der Waals surface area contributed by atoms with E-state index in [0.29, 0.717) is 30.0 Å². The Kier molecular flexibility index (Phi) is 4.56. The van der Waals surface area contributed by atoms with Crippen LogP contribution in [0.1, 0.15) is 39.0 Å². The predicted molar refractivity (Wildman–Crippen MR) is 73.6 cm³/mol. The van der Waals surface area contributed by atoms with Gasteiger partial charge >= 0.3 is 5.97 Å². The standard InChI is InChI=1S/C16H22O3/c1-11(17)16-13-9-8-12(10-13)14(16)6-4-2-3-5-7-15(18)19/h2,4,8-9,12-14,16H,3,5-7,10H2,1H3,(H,18,19). The Labute approximate surface area is 114 Å². The number of carbonyl (C=O) groups is 2. The molecule has 3 nitrogen and oxygen atoms in total. The summed E-state index contributed by atoms with van der Waals surface area (Å²) in [5, 5.41) is 8.54. The second-order valence-corrected chi connectivity index (χ2v) is 5.74. The maximum atomic E-state index is 11.7. The first kappa shape index (κ1) is 14.0. The number of unbranched alkanes of at least 4 members (excludes halogenated alkanes) is 1. The van der Waals surface area contributed by atoms with Crippen molar-refractivity contribution >= 4 is 11.8 Å². The summed E-state index contributed by atoms with van der Waals surface area (Å²) in [6, 6.07) is 0. The summed E-state index contributed by atoms with van der Waals surface area (Å²) in [4.78, 5) is 22.1. The monoisotopic (exact) mass is 262 g/mol. The van der Waals surface area contributed by atoms with Gasteiger partial charge in [-0.25, -0.2) is 0 Å². The third kappa shape index (κ3) is 3.34. The van der Waals surface area contributed by atoms with Crippen molar-refractivity contribution in [1.29, 1.82) is 0 Å². The lowest BCUT2D eigenvalue weighted by Crippen LogP contribution is -2.25. The number of aliphatic carboxylic acids is 1. The van der Waals surface area contributed by atoms with Crippen LogP contribution >= 0.6 is 0 Å². The van der Waals surface area contributed by atoms with Crippen molar-refractivity contribution in [2.24, 2.45) is 23.7 Å². The van der Waals surface area contributed by atoms with E-state index >= 15 is 0 Å². The summed E-state index contributed by atoms with van der Waals surface area (Å²) in [7, 11) is 0. The van der Waals surface area contributed by atoms with E-state index in [0.717, 1.165) is 19.3 Å². The lowest BCUT2D eigenvalue weighted by Gasteiger charge is -2.24. The van der Waals surface area contributed by atoms with Gasteiger partial charge in [0.25, 0.3) is 0 Å². The van der Waals surface area contributed by atoms with Crippen LogP contribution in [0.2, 0.25) is 0 Å². The second kappa shape index (κ2) is 6.18. The minimum Gasteiger partial charge on any atom is -0.481 e. The SMILES string of the molecule is CC(=O)C1C2C=CC(C2)C1CC=CCCCC(=O)O. The first-order valence-electron chi connectivity index (χ1n) is 7.15. The molecule has 0 aromatic heterocycles. The molecule has 1 saturated carbocycles. The largest absolute Gasteiger partial charge is 0.481 e. The van der Waals surface area contributed by atoms with E-state index in [9.17, 15) is 9.59 Å². The summed E-state index contributed by atoms with van der Waals surface area (Å²) in [6.45, 7) is 1.71. The number of ketones is 1. The molecule has 0 heterocycles. The van der Waals surface area contributed by atoms with Crippen LogP contribution < -0.4 is 0 Å². The smallest absolute Gasteiger partial charge is 0.303 e. The summed E-state index contributed by atoms with van der Waals surface area (Å²) >= 11 is 0. The van der Waals surface area contributed by atoms with E-state index in [1.165, 1.54) is 0 Å². The molecule has 19 heavy (non-hydrogen) atoms. The van der Waals surface area contributed by atoms with Gasteiger partial charge in [0, 0.05) is 12.3 Å². The van der Waals surface area contributed by atoms with Gasteiger partial charge in [0.05, 0.1) is 0 Å². The average molecular weight is 262 g/mol. The molecule has 0 aromatic carbocycles. The molecule has 4 atom stereocenters. The third-order valence-corrected chi connectivity index (χ3v) is 4.43. The Morgan fingerprint density at radius 3 is 2.68 bits per heavy atom. The molecule has 0 amide bonds. The zero-order valence-corrected chi connectivity index (χ0v) is 11.4. The van der Waals surface area contributed by atoms with Crippen molar-refractivity contribution in [2.75, 3.05) is 0 Å². The number of fused-ring (bicyclic) bond motifs is 2. The summed E-state index contributed by atoms with van der Waals surface area (Å²) in [6.07, 6.45) is 12.5. The lowest BCUT2D eigenvalue weighted by atomic mass is 9.79. The van der Waals surface area contributed by atoms with Crippen LogP contribution in [0.15, 0.2) is 24.3 Å². The van der Waals surface area contributed by atoms with E-state index < -0.39 is 5.97 Å². The summed E-state index contributed by atoms with van der Waals surface area (Å²) < 4.78 is 0. The number of carboxylic acids is 1. The van der Waals surface area contributed by atoms with Gasteiger partial charge in [-0.05, 0) is 50.4 Å². The fourth-order valence-corrected chi connectivity index (χ4v) is 3.59. The van der Waals surface area contributed by atoms with Gasteiger partial charge in [-0.3, -0.25) is 9.59 Å². The topological polar surface area (TPSA) is 54.4 Å². The number of hydrogen-bond acceptors (Lipinski definition) is 2. The molecule has 1 fully saturated rings. The van der Waals surface area contributed by atoms with E-state index in [-0.39, 0.29) is 12.3 Å². The molecule has 0 aromatic rings. The quantitative estimate of drug-likeness (QED) is 0.566. The Bertz CT molecular complexity index is 408. The van der Waals surface area contributed by atoms with Gasteiger partial charge in [-0.15, -0.1) is 0 Å². The molecular formula is C16H22O3. The van der Waals surface area contributed by atoms with Crippen LogP contribution in [0, 0.1) is 23.7 Å². The number of hydrogen-bond donors (Lipinski definition) is 1. The van der Waals surface area contributed by atoms with Crippen molar-refractivity contribution in [3.63, 3.8) is 0 Å². The highest BCUT2D eigenvalue weighted by molar-refractivity contribution is 5.80. The maximum Gasteiger partial charge on any atom is 0.303 e. The molecule has 1 N–H and O–H groups in total. The highest BCUT2D eigenvalue weighted by Crippen LogP contribution is 2.49. The molecule has 0 saturated heterocycles. The van der Waals surface area contributed by atoms with Crippen LogP contribution in [-0.4, -0.2) is 16.9 Å². The van der Waals surface area contributed by atoms with Gasteiger partial charge in [0.2, 0.25) is 0 Å². The molecule has 4 unspecified atom stereocenters. The number of Topliss-reactive ketones (excluding diaryl/α,β-unsaturated/α-hetero) is 1. The van der Waals surface area contributed by atoms with Gasteiger partial charge in [-0.2, -0.15) is 0 Å². The number of carbonyl (C=O) groups excluding carboxylic acids is 1. The van der Waals surface area contributed by atoms with Crippen LogP contribution in [0.3, 0.4) is 0 Å². The molecular weight excluding hydrogens is 240 g/mol. The molecule has 2 aliphatic carbocycles. The third-order valence-electron chi connectivity index (χ3n) is 4.43. The fraction of sp³-hybridized carbons (Fsp3) is 0.625. The molecule has 0 aliphatic heterocycles. The molecule has 0 spiro atoms. The molecule has 104 valence electrons. The van der Waals surface area contributed by atoms with E-state index in [2.05, 4.69) is 24.3 Å². The molecule has 2 aliphatic rings. The Hall–Kier alpha value is -1.38. The van der Waals surface area contributed by atoms with Gasteiger partial charge in [0.15, 0.2) is 0 Å². The highest BCUT2D eigenvalue weighted by atomic mass is 16.4. The molecule has 2 bridgehead atoms. The second-order valence-electron chi connectivity index (χ2n) is 5.74. The predicted octanol–water partition coefficient (Wildman–Crippen LogP) is 3.21. The van der Waals surface area contributed by atoms with Crippen molar-refractivity contribution in [2.45, 2.75) is 39.0 Å². The molecule has 2 rings (SSSR count). The summed E-state index contributed by atoms with van der Waals surface area (Å²) in [5.74, 6) is 1.29. The van der Waals surface area contributed by atoms with Crippen molar-refractivity contribution < 1.29 is 14.7 Å². The van der Waals surface area contributed by atoms with Gasteiger partial charge in [-0.1, -0.05) is 24.3 Å². The van der Waals surface area contributed by atoms with Crippen molar-refractivity contribution in [3.8, 4) is 0 Å². The van der Waals surface area contributed by atoms with Gasteiger partial charge in [0.1, 0.15) is 5.78 Å². The fourth-order valence-electron chi connectivity index (χ4n) is 3.59. The van der Waals surface area contributed by atoms with E-state index in [1.807, 2.05) is 0 Å². The van der Waals surface area contributed by atoms with Crippen molar-refractivity contribution in [1.82, 2.24) is 0 Å². The maximum absolute atomic E-state index is 11.7. The number of allylic oxidation sites excluding steroid dienone is 4. The summed E-state index contributed by atoms with van der Waals surface area (Å²) in [5.41, 5.74) is 0. The van der Waals surface area contributed by atoms with E-state index in [4.69, 9.17) is 5.11 Å². The average Bonchev–Trinajstić information content (AvgIpc) is 2.93. The normalized spacial score (nSPS) is 32.3. The Balaban J connectivity index is 1.79. The Morgan fingerprint density at radius 2 is 2.00 bits per heavy atom. The minimum absolute atomic E-state index is 0.207.